The van der Waals surface area contributed by atoms with E-state index in [4.69, 9.17) is 5.11 Å². The molecular formula is C16H21FO2. The zero-order valence-electron chi connectivity index (χ0n) is 11.1. The van der Waals surface area contributed by atoms with Crippen LogP contribution in [0.25, 0.3) is 6.08 Å². The molecule has 0 heterocycles. The number of allylic oxidation sites excluding steroid dienone is 1. The number of benzene rings is 1. The minimum Gasteiger partial charge on any atom is -0.481 e. The van der Waals surface area contributed by atoms with Gasteiger partial charge in [-0.1, -0.05) is 43.5 Å². The summed E-state index contributed by atoms with van der Waals surface area (Å²) in [7, 11) is 0. The molecule has 1 rings (SSSR count). The zero-order chi connectivity index (χ0) is 13.9. The van der Waals surface area contributed by atoms with E-state index in [1.165, 1.54) is 12.1 Å². The molecule has 0 bridgehead atoms. The fourth-order valence-corrected chi connectivity index (χ4v) is 1.90. The van der Waals surface area contributed by atoms with E-state index in [2.05, 4.69) is 6.08 Å². The molecule has 3 heteroatoms. The molecule has 0 aliphatic rings. The van der Waals surface area contributed by atoms with Gasteiger partial charge < -0.3 is 5.11 Å². The number of unbranched alkanes of at least 4 members (excludes halogenated alkanes) is 5. The maximum absolute atomic E-state index is 12.9. The van der Waals surface area contributed by atoms with E-state index in [1.54, 1.807) is 6.07 Å². The average Bonchev–Trinajstić information content (AvgIpc) is 2.36. The first-order valence-electron chi connectivity index (χ1n) is 6.82. The van der Waals surface area contributed by atoms with Crippen molar-refractivity contribution in [1.82, 2.24) is 0 Å². The van der Waals surface area contributed by atoms with Crippen LogP contribution in [-0.4, -0.2) is 11.1 Å². The number of carboxylic acid groups (broad SMARTS) is 1. The first-order chi connectivity index (χ1) is 9.18. The lowest BCUT2D eigenvalue weighted by molar-refractivity contribution is -0.137. The first kappa shape index (κ1) is 15.4. The Kier molecular flexibility index (Phi) is 7.56. The molecule has 0 radical (unpaired) electrons. The van der Waals surface area contributed by atoms with Crippen molar-refractivity contribution in [2.75, 3.05) is 0 Å². The van der Waals surface area contributed by atoms with Crippen molar-refractivity contribution in [3.05, 3.63) is 41.7 Å². The van der Waals surface area contributed by atoms with Gasteiger partial charge >= 0.3 is 5.97 Å². The van der Waals surface area contributed by atoms with Crippen LogP contribution < -0.4 is 0 Å². The van der Waals surface area contributed by atoms with Crippen molar-refractivity contribution in [3.63, 3.8) is 0 Å². The van der Waals surface area contributed by atoms with Crippen LogP contribution in [0.15, 0.2) is 30.3 Å². The minimum atomic E-state index is -0.710. The van der Waals surface area contributed by atoms with E-state index in [0.29, 0.717) is 0 Å². The summed E-state index contributed by atoms with van der Waals surface area (Å²) in [6.07, 6.45) is 10.3. The fourth-order valence-electron chi connectivity index (χ4n) is 1.90. The Labute approximate surface area is 114 Å². The summed E-state index contributed by atoms with van der Waals surface area (Å²) in [5.41, 5.74) is 0.890. The topological polar surface area (TPSA) is 37.3 Å². The molecule has 1 aromatic rings. The van der Waals surface area contributed by atoms with E-state index >= 15 is 0 Å². The van der Waals surface area contributed by atoms with Crippen LogP contribution in [0.5, 0.6) is 0 Å². The van der Waals surface area contributed by atoms with Crippen molar-refractivity contribution in [3.8, 4) is 0 Å². The molecule has 19 heavy (non-hydrogen) atoms. The maximum Gasteiger partial charge on any atom is 0.303 e. The van der Waals surface area contributed by atoms with Crippen LogP contribution in [0.2, 0.25) is 0 Å². The molecule has 0 fully saturated rings. The van der Waals surface area contributed by atoms with E-state index < -0.39 is 5.97 Å². The van der Waals surface area contributed by atoms with Crippen molar-refractivity contribution in [1.29, 1.82) is 0 Å². The normalized spacial score (nSPS) is 11.0. The minimum absolute atomic E-state index is 0.208. The van der Waals surface area contributed by atoms with Crippen LogP contribution >= 0.6 is 0 Å². The van der Waals surface area contributed by atoms with Crippen molar-refractivity contribution < 1.29 is 14.3 Å². The Hall–Kier alpha value is -1.64. The predicted molar refractivity (Wildman–Crippen MR) is 75.4 cm³/mol. The summed E-state index contributed by atoms with van der Waals surface area (Å²) in [5.74, 6) is -0.918. The highest BCUT2D eigenvalue weighted by molar-refractivity contribution is 5.66. The van der Waals surface area contributed by atoms with Gasteiger partial charge in [-0.25, -0.2) is 4.39 Å². The van der Waals surface area contributed by atoms with Crippen molar-refractivity contribution in [2.24, 2.45) is 0 Å². The van der Waals surface area contributed by atoms with Crippen molar-refractivity contribution in [2.45, 2.75) is 44.9 Å². The van der Waals surface area contributed by atoms with Gasteiger partial charge in [0, 0.05) is 6.42 Å². The molecule has 2 nitrogen and oxygen atoms in total. The van der Waals surface area contributed by atoms with Gasteiger partial charge in [0.1, 0.15) is 5.82 Å². The summed E-state index contributed by atoms with van der Waals surface area (Å²) in [6, 6.07) is 6.54. The highest BCUT2D eigenvalue weighted by atomic mass is 19.1. The number of hydrogen-bond donors (Lipinski definition) is 1. The third-order valence-electron chi connectivity index (χ3n) is 2.92. The second-order valence-electron chi connectivity index (χ2n) is 4.66. The molecule has 0 spiro atoms. The summed E-state index contributed by atoms with van der Waals surface area (Å²) < 4.78 is 12.9. The smallest absolute Gasteiger partial charge is 0.303 e. The van der Waals surface area contributed by atoms with Crippen molar-refractivity contribution >= 4 is 12.0 Å². The Morgan fingerprint density at radius 1 is 1.16 bits per heavy atom. The molecule has 1 aromatic carbocycles. The Morgan fingerprint density at radius 2 is 1.89 bits per heavy atom. The van der Waals surface area contributed by atoms with E-state index in [1.807, 2.05) is 12.1 Å². The molecule has 0 atom stereocenters. The summed E-state index contributed by atoms with van der Waals surface area (Å²) in [6.45, 7) is 0. The highest BCUT2D eigenvalue weighted by Crippen LogP contribution is 2.10. The zero-order valence-corrected chi connectivity index (χ0v) is 11.1. The number of carboxylic acids is 1. The Morgan fingerprint density at radius 3 is 2.63 bits per heavy atom. The third kappa shape index (κ3) is 8.14. The van der Waals surface area contributed by atoms with Gasteiger partial charge in [-0.15, -0.1) is 0 Å². The van der Waals surface area contributed by atoms with E-state index in [0.717, 1.165) is 44.1 Å². The number of carbonyl (C=O) groups is 1. The summed E-state index contributed by atoms with van der Waals surface area (Å²) in [5, 5.41) is 8.48. The lowest BCUT2D eigenvalue weighted by atomic mass is 10.1. The first-order valence-corrected chi connectivity index (χ1v) is 6.82. The molecule has 104 valence electrons. The SMILES string of the molecule is O=C(O)CCCCCCC/C=C/c1cccc(F)c1. The van der Waals surface area contributed by atoms with E-state index in [9.17, 15) is 9.18 Å². The number of halogens is 1. The van der Waals surface area contributed by atoms with Crippen LogP contribution in [0.3, 0.4) is 0 Å². The number of aliphatic carboxylic acids is 1. The van der Waals surface area contributed by atoms with Crippen LogP contribution in [-0.2, 0) is 4.79 Å². The van der Waals surface area contributed by atoms with Gasteiger partial charge in [0.15, 0.2) is 0 Å². The molecule has 0 amide bonds. The van der Waals surface area contributed by atoms with Gasteiger partial charge in [-0.05, 0) is 37.0 Å². The molecule has 0 saturated carbocycles. The van der Waals surface area contributed by atoms with Crippen LogP contribution in [0.1, 0.15) is 50.5 Å². The summed E-state index contributed by atoms with van der Waals surface area (Å²) in [4.78, 5) is 10.3. The van der Waals surface area contributed by atoms with Gasteiger partial charge in [0.25, 0.3) is 0 Å². The van der Waals surface area contributed by atoms with Crippen LogP contribution in [0.4, 0.5) is 4.39 Å². The lowest BCUT2D eigenvalue weighted by Gasteiger charge is -1.98. The summed E-state index contributed by atoms with van der Waals surface area (Å²) >= 11 is 0. The maximum atomic E-state index is 12.9. The molecule has 0 aliphatic heterocycles. The van der Waals surface area contributed by atoms with Gasteiger partial charge in [0.2, 0.25) is 0 Å². The quantitative estimate of drug-likeness (QED) is 0.659. The molecule has 1 N–H and O–H groups in total. The van der Waals surface area contributed by atoms with Crippen LogP contribution in [0, 0.1) is 5.82 Å². The monoisotopic (exact) mass is 264 g/mol. The molecule has 0 aromatic heterocycles. The Balaban J connectivity index is 2.03. The average molecular weight is 264 g/mol. The predicted octanol–water partition coefficient (Wildman–Crippen LogP) is 4.65. The fraction of sp³-hybridized carbons (Fsp3) is 0.438. The third-order valence-corrected chi connectivity index (χ3v) is 2.92. The van der Waals surface area contributed by atoms with Gasteiger partial charge in [0.05, 0.1) is 0 Å². The standard InChI is InChI=1S/C16H21FO2/c17-15-11-8-10-14(13-15)9-6-4-2-1-3-5-7-12-16(18)19/h6,8-11,13H,1-5,7,12H2,(H,18,19)/b9-6+. The van der Waals surface area contributed by atoms with Gasteiger partial charge in [-0.3, -0.25) is 4.79 Å². The van der Waals surface area contributed by atoms with E-state index in [-0.39, 0.29) is 12.2 Å². The molecule has 0 unspecified atom stereocenters. The second-order valence-corrected chi connectivity index (χ2v) is 4.66. The second kappa shape index (κ2) is 9.31. The molecule has 0 aliphatic carbocycles. The molecular weight excluding hydrogens is 243 g/mol. The van der Waals surface area contributed by atoms with Gasteiger partial charge in [-0.2, -0.15) is 0 Å². The Bertz CT molecular complexity index is 413. The largest absolute Gasteiger partial charge is 0.481 e. The number of hydrogen-bond acceptors (Lipinski definition) is 1. The lowest BCUT2D eigenvalue weighted by Crippen LogP contribution is -1.93. The number of rotatable bonds is 9. The molecule has 0 saturated heterocycles. The highest BCUT2D eigenvalue weighted by Gasteiger charge is 1.96.